The van der Waals surface area contributed by atoms with Crippen LogP contribution in [0, 0.1) is 0 Å². The van der Waals surface area contributed by atoms with Crippen molar-refractivity contribution in [2.75, 3.05) is 48.3 Å². The fourth-order valence-corrected chi connectivity index (χ4v) is 8.30. The number of urea groups is 1. The van der Waals surface area contributed by atoms with Gasteiger partial charge in [0.1, 0.15) is 41.5 Å². The summed E-state index contributed by atoms with van der Waals surface area (Å²) in [6.45, 7) is 16.1. The van der Waals surface area contributed by atoms with Crippen LogP contribution in [0.1, 0.15) is 91.2 Å². The van der Waals surface area contributed by atoms with Gasteiger partial charge in [-0.2, -0.15) is 4.68 Å². The number of ether oxygens (including phenoxy) is 4. The number of anilines is 3. The van der Waals surface area contributed by atoms with Gasteiger partial charge in [-0.3, -0.25) is 14.4 Å². The van der Waals surface area contributed by atoms with Crippen LogP contribution in [0.4, 0.5) is 26.7 Å². The third kappa shape index (κ3) is 13.1. The van der Waals surface area contributed by atoms with Gasteiger partial charge >= 0.3 is 35.9 Å². The summed E-state index contributed by atoms with van der Waals surface area (Å²) in [7, 11) is 0. The Morgan fingerprint density at radius 2 is 1.40 bits per heavy atom. The zero-order chi connectivity index (χ0) is 52.3. The van der Waals surface area contributed by atoms with Crippen LogP contribution < -0.4 is 15.5 Å². The van der Waals surface area contributed by atoms with Crippen molar-refractivity contribution in [2.45, 2.75) is 111 Å². The largest absolute Gasteiger partial charge is 0.458 e. The minimum absolute atomic E-state index is 0.0283. The second-order valence-corrected chi connectivity index (χ2v) is 20.8. The molecule has 0 saturated carbocycles. The molecule has 3 aromatic carbocycles. The van der Waals surface area contributed by atoms with E-state index in [1.165, 1.54) is 32.9 Å². The molecule has 22 heteroatoms. The fourth-order valence-electron chi connectivity index (χ4n) is 8.13. The Kier molecular flexibility index (Phi) is 15.4. The standard InChI is InChI=1S/C50H59ClN10O11/c1-48(2,3)70-41(62)28-69-35-18-20-57(21-19-35)46(67)54-33-13-10-30(11-14-33)24-39(59-23-22-58(43(64)44(59)65)38-27-32(51)12-16-37(38)60-29-52-55-56-60)42(63)53-34-15-17-36-31(25-34)26-40(45(66)71-49(4,5)6)61(36)47(68)72-50(7,8)9/h10-17,25-27,29,35,39H,18-24,28H2,1-9H3,(H,53,63)(H,54,67)/t39-/m0/s1. The van der Waals surface area contributed by atoms with Gasteiger partial charge in [-0.05, 0) is 146 Å². The zero-order valence-corrected chi connectivity index (χ0v) is 42.4. The van der Waals surface area contributed by atoms with Crippen LogP contribution in [-0.2, 0) is 44.5 Å². The van der Waals surface area contributed by atoms with Crippen LogP contribution in [0.25, 0.3) is 16.6 Å². The van der Waals surface area contributed by atoms with Gasteiger partial charge < -0.3 is 44.3 Å². The molecule has 2 aromatic heterocycles. The van der Waals surface area contributed by atoms with Crippen molar-refractivity contribution in [3.05, 3.63) is 89.3 Å². The topological polar surface area (TPSA) is 239 Å². The number of tetrazole rings is 1. The van der Waals surface area contributed by atoms with E-state index in [4.69, 9.17) is 30.5 Å². The van der Waals surface area contributed by atoms with Gasteiger partial charge in [-0.15, -0.1) is 5.10 Å². The lowest BCUT2D eigenvalue weighted by molar-refractivity contribution is -0.163. The maximum absolute atomic E-state index is 14.6. The Bertz CT molecular complexity index is 2860. The smallest absolute Gasteiger partial charge is 0.419 e. The summed E-state index contributed by atoms with van der Waals surface area (Å²) in [5, 5.41) is 17.8. The molecule has 7 rings (SSSR count). The van der Waals surface area contributed by atoms with Crippen molar-refractivity contribution in [2.24, 2.45) is 0 Å². The summed E-state index contributed by atoms with van der Waals surface area (Å²) in [5.41, 5.74) is -0.185. The van der Waals surface area contributed by atoms with Crippen LogP contribution in [0.15, 0.2) is 73.1 Å². The third-order valence-electron chi connectivity index (χ3n) is 11.2. The highest BCUT2D eigenvalue weighted by atomic mass is 35.5. The van der Waals surface area contributed by atoms with Gasteiger partial charge in [0.15, 0.2) is 0 Å². The van der Waals surface area contributed by atoms with E-state index in [1.54, 1.807) is 122 Å². The number of hydrogen-bond donors (Lipinski definition) is 2. The molecule has 5 aromatic rings. The number of piperazine rings is 1. The maximum atomic E-state index is 14.6. The second-order valence-electron chi connectivity index (χ2n) is 20.4. The average molecular weight is 1010 g/mol. The van der Waals surface area contributed by atoms with Gasteiger partial charge in [0.05, 0.1) is 23.0 Å². The van der Waals surface area contributed by atoms with Gasteiger partial charge in [-0.1, -0.05) is 23.7 Å². The second kappa shape index (κ2) is 21.1. The number of carbonyl (C=O) groups excluding carboxylic acids is 7. The highest BCUT2D eigenvalue weighted by Gasteiger charge is 2.41. The lowest BCUT2D eigenvalue weighted by atomic mass is 10.0. The van der Waals surface area contributed by atoms with Crippen molar-refractivity contribution < 1.29 is 52.5 Å². The number of rotatable bonds is 12. The molecule has 2 aliphatic heterocycles. The number of nitrogens with zero attached hydrogens (tertiary/aromatic N) is 8. The van der Waals surface area contributed by atoms with Gasteiger partial charge in [0.25, 0.3) is 0 Å². The first-order valence-corrected chi connectivity index (χ1v) is 23.8. The van der Waals surface area contributed by atoms with E-state index in [1.807, 2.05) is 0 Å². The van der Waals surface area contributed by atoms with Crippen molar-refractivity contribution in [1.29, 1.82) is 0 Å². The maximum Gasteiger partial charge on any atom is 0.419 e. The number of hydrogen-bond acceptors (Lipinski definition) is 14. The quantitative estimate of drug-likeness (QED) is 0.0744. The van der Waals surface area contributed by atoms with Crippen LogP contribution in [0.3, 0.4) is 0 Å². The molecular formula is C50H59ClN10O11. The Morgan fingerprint density at radius 1 is 0.736 bits per heavy atom. The average Bonchev–Trinajstić information content (AvgIpc) is 3.97. The van der Waals surface area contributed by atoms with Gasteiger partial charge in [-0.25, -0.2) is 23.7 Å². The number of benzene rings is 3. The molecule has 0 bridgehead atoms. The molecule has 2 N–H and O–H groups in total. The number of amides is 5. The number of esters is 2. The number of carbonyl (C=O) groups is 7. The van der Waals surface area contributed by atoms with Gasteiger partial charge in [0.2, 0.25) is 5.91 Å². The lowest BCUT2D eigenvalue weighted by Crippen LogP contribution is -2.60. The predicted molar refractivity (Wildman–Crippen MR) is 265 cm³/mol. The summed E-state index contributed by atoms with van der Waals surface area (Å²) in [4.78, 5) is 99.6. The first kappa shape index (κ1) is 52.4. The van der Waals surface area contributed by atoms with E-state index in [2.05, 4.69) is 26.2 Å². The number of piperidine rings is 1. The molecule has 0 radical (unpaired) electrons. The molecule has 2 saturated heterocycles. The number of aromatic nitrogens is 5. The van der Waals surface area contributed by atoms with E-state index in [9.17, 15) is 33.6 Å². The molecule has 5 amide bonds. The molecule has 4 heterocycles. The minimum atomic E-state index is -1.25. The van der Waals surface area contributed by atoms with Crippen molar-refractivity contribution >= 4 is 81.4 Å². The normalized spacial score (nSPS) is 15.3. The SMILES string of the molecule is CC(C)(C)OC(=O)COC1CCN(C(=O)Nc2ccc(C[C@@H](C(=O)Nc3ccc4c(c3)cc(C(=O)OC(C)(C)C)n4C(=O)OC(C)(C)C)N3CCN(c4cc(Cl)ccc4-n4cnnn4)C(=O)C3=O)cc2)CC1. The molecule has 1 atom stereocenters. The summed E-state index contributed by atoms with van der Waals surface area (Å²) in [6.07, 6.45) is 1.34. The summed E-state index contributed by atoms with van der Waals surface area (Å²) >= 11 is 6.38. The number of fused-ring (bicyclic) bond motifs is 1. The zero-order valence-electron chi connectivity index (χ0n) is 41.7. The lowest BCUT2D eigenvalue weighted by Gasteiger charge is -2.38. The molecule has 72 heavy (non-hydrogen) atoms. The Balaban J connectivity index is 1.11. The van der Waals surface area contributed by atoms with Crippen molar-refractivity contribution in [3.63, 3.8) is 0 Å². The molecule has 21 nitrogen and oxygen atoms in total. The first-order chi connectivity index (χ1) is 33.8. The Morgan fingerprint density at radius 3 is 2.04 bits per heavy atom. The van der Waals surface area contributed by atoms with Crippen molar-refractivity contribution in [3.8, 4) is 5.69 Å². The highest BCUT2D eigenvalue weighted by molar-refractivity contribution is 6.41. The van der Waals surface area contributed by atoms with Crippen LogP contribution in [0.5, 0.6) is 0 Å². The van der Waals surface area contributed by atoms with E-state index in [0.717, 1.165) is 4.57 Å². The molecule has 0 aliphatic carbocycles. The molecule has 2 aliphatic rings. The molecular weight excluding hydrogens is 952 g/mol. The van der Waals surface area contributed by atoms with E-state index >= 15 is 0 Å². The summed E-state index contributed by atoms with van der Waals surface area (Å²) in [6, 6.07) is 16.1. The molecule has 382 valence electrons. The van der Waals surface area contributed by atoms with Crippen LogP contribution in [0.2, 0.25) is 5.02 Å². The van der Waals surface area contributed by atoms with Crippen LogP contribution in [-0.4, -0.2) is 138 Å². The molecule has 0 unspecified atom stereocenters. The van der Waals surface area contributed by atoms with E-state index in [0.29, 0.717) is 58.8 Å². The molecule has 2 fully saturated rings. The number of nitrogens with one attached hydrogen (secondary N) is 2. The minimum Gasteiger partial charge on any atom is -0.458 e. The summed E-state index contributed by atoms with van der Waals surface area (Å²) < 4.78 is 24.8. The molecule has 0 spiro atoms. The van der Waals surface area contributed by atoms with Gasteiger partial charge in [0, 0.05) is 54.4 Å². The highest BCUT2D eigenvalue weighted by Crippen LogP contribution is 2.31. The van der Waals surface area contributed by atoms with E-state index < -0.39 is 58.6 Å². The Labute approximate surface area is 421 Å². The monoisotopic (exact) mass is 1010 g/mol. The van der Waals surface area contributed by atoms with Crippen molar-refractivity contribution in [1.82, 2.24) is 34.6 Å². The summed E-state index contributed by atoms with van der Waals surface area (Å²) in [5.74, 6) is -3.75. The predicted octanol–water partition coefficient (Wildman–Crippen LogP) is 6.79. The Hall–Kier alpha value is -7.39. The van der Waals surface area contributed by atoms with Crippen LogP contribution >= 0.6 is 11.6 Å². The van der Waals surface area contributed by atoms with E-state index in [-0.39, 0.29) is 55.3 Å². The fraction of sp³-hybridized carbons (Fsp3) is 0.440. The first-order valence-electron chi connectivity index (χ1n) is 23.4. The number of likely N-dealkylation sites (tertiary alicyclic amines) is 1. The number of halogens is 1. The third-order valence-corrected chi connectivity index (χ3v) is 11.5.